The summed E-state index contributed by atoms with van der Waals surface area (Å²) in [5.41, 5.74) is 6.07. The van der Waals surface area contributed by atoms with Crippen LogP contribution in [0.2, 0.25) is 0 Å². The van der Waals surface area contributed by atoms with Crippen molar-refractivity contribution in [3.63, 3.8) is 0 Å². The molecular weight excluding hydrogens is 294 g/mol. The minimum absolute atomic E-state index is 0.153. The minimum Gasteiger partial charge on any atom is -0.467 e. The summed E-state index contributed by atoms with van der Waals surface area (Å²) in [5.74, 6) is -0.255. The summed E-state index contributed by atoms with van der Waals surface area (Å²) in [4.78, 5) is 11.6. The van der Waals surface area contributed by atoms with Crippen molar-refractivity contribution in [1.82, 2.24) is 0 Å². The number of esters is 1. The molecule has 0 saturated heterocycles. The number of carbonyl (C=O) groups excluding carboxylic acids is 1. The lowest BCUT2D eigenvalue weighted by molar-refractivity contribution is -0.141. The molecular formula is C13H21N3O4S. The Morgan fingerprint density at radius 1 is 1.38 bits per heavy atom. The number of rotatable bonds is 6. The van der Waals surface area contributed by atoms with Gasteiger partial charge in [-0.05, 0) is 30.5 Å². The van der Waals surface area contributed by atoms with Gasteiger partial charge in [-0.25, -0.2) is 18.4 Å². The van der Waals surface area contributed by atoms with Crippen molar-refractivity contribution in [3.05, 3.63) is 18.2 Å². The lowest BCUT2D eigenvalue weighted by Crippen LogP contribution is -2.33. The average Bonchev–Trinajstić information content (AvgIpc) is 2.37. The highest BCUT2D eigenvalue weighted by Gasteiger charge is 2.23. The molecule has 8 heteroatoms. The number of benzene rings is 1. The Morgan fingerprint density at radius 3 is 2.48 bits per heavy atom. The molecule has 0 aliphatic rings. The fraction of sp³-hybridized carbons (Fsp3) is 0.462. The number of sulfonamides is 1. The molecule has 1 aromatic carbocycles. The molecule has 1 rings (SSSR count). The molecule has 0 aromatic heterocycles. The van der Waals surface area contributed by atoms with E-state index in [-0.39, 0.29) is 22.2 Å². The van der Waals surface area contributed by atoms with Crippen LogP contribution in [0.1, 0.15) is 20.3 Å². The van der Waals surface area contributed by atoms with Gasteiger partial charge in [0.25, 0.3) is 0 Å². The fourth-order valence-corrected chi connectivity index (χ4v) is 2.64. The zero-order valence-electron chi connectivity index (χ0n) is 12.3. The van der Waals surface area contributed by atoms with E-state index in [9.17, 15) is 13.2 Å². The maximum absolute atomic E-state index is 11.8. The molecule has 5 N–H and O–H groups in total. The Labute approximate surface area is 124 Å². The summed E-state index contributed by atoms with van der Waals surface area (Å²) < 4.78 is 28.0. The van der Waals surface area contributed by atoms with E-state index in [1.54, 1.807) is 0 Å². The lowest BCUT2D eigenvalue weighted by atomic mass is 10.0. The van der Waals surface area contributed by atoms with Crippen LogP contribution < -0.4 is 16.2 Å². The van der Waals surface area contributed by atoms with Gasteiger partial charge >= 0.3 is 5.97 Å². The topological polar surface area (TPSA) is 125 Å². The van der Waals surface area contributed by atoms with E-state index in [2.05, 4.69) is 5.32 Å². The van der Waals surface area contributed by atoms with Crippen LogP contribution in [-0.4, -0.2) is 27.5 Å². The third-order valence-corrected chi connectivity index (χ3v) is 3.79. The van der Waals surface area contributed by atoms with Gasteiger partial charge in [-0.1, -0.05) is 13.8 Å². The second kappa shape index (κ2) is 6.77. The van der Waals surface area contributed by atoms with Crippen LogP contribution >= 0.6 is 0 Å². The molecule has 0 amide bonds. The SMILES string of the molecule is COC(=O)C(CC(C)C)Nc1ccc(N)cc1S(N)(=O)=O. The number of nitrogens with one attached hydrogen (secondary N) is 1. The minimum atomic E-state index is -3.96. The largest absolute Gasteiger partial charge is 0.467 e. The number of carbonyl (C=O) groups is 1. The van der Waals surface area contributed by atoms with Crippen LogP contribution in [0, 0.1) is 5.92 Å². The third-order valence-electron chi connectivity index (χ3n) is 2.83. The van der Waals surface area contributed by atoms with Crippen molar-refractivity contribution < 1.29 is 17.9 Å². The second-order valence-corrected chi connectivity index (χ2v) is 6.68. The van der Waals surface area contributed by atoms with Gasteiger partial charge in [-0.15, -0.1) is 0 Å². The van der Waals surface area contributed by atoms with Crippen molar-refractivity contribution in [2.75, 3.05) is 18.2 Å². The first-order valence-electron chi connectivity index (χ1n) is 6.41. The summed E-state index contributed by atoms with van der Waals surface area (Å²) in [6.45, 7) is 3.89. The Hall–Kier alpha value is -1.80. The summed E-state index contributed by atoms with van der Waals surface area (Å²) >= 11 is 0. The molecule has 0 aliphatic heterocycles. The van der Waals surface area contributed by atoms with E-state index in [1.807, 2.05) is 13.8 Å². The van der Waals surface area contributed by atoms with Crippen molar-refractivity contribution in [2.24, 2.45) is 11.1 Å². The molecule has 1 unspecified atom stereocenters. The highest BCUT2D eigenvalue weighted by Crippen LogP contribution is 2.25. The van der Waals surface area contributed by atoms with Gasteiger partial charge in [-0.2, -0.15) is 0 Å². The first-order valence-corrected chi connectivity index (χ1v) is 7.96. The molecule has 118 valence electrons. The monoisotopic (exact) mass is 315 g/mol. The zero-order valence-corrected chi connectivity index (χ0v) is 13.1. The molecule has 0 radical (unpaired) electrons. The number of hydrogen-bond acceptors (Lipinski definition) is 6. The molecule has 0 fully saturated rings. The van der Waals surface area contributed by atoms with Crippen LogP contribution in [0.15, 0.2) is 23.1 Å². The van der Waals surface area contributed by atoms with E-state index in [0.29, 0.717) is 6.42 Å². The summed E-state index contributed by atoms with van der Waals surface area (Å²) in [6.07, 6.45) is 0.487. The number of nitrogens with two attached hydrogens (primary N) is 2. The first kappa shape index (κ1) is 17.3. The number of ether oxygens (including phenoxy) is 1. The Balaban J connectivity index is 3.17. The van der Waals surface area contributed by atoms with Gasteiger partial charge in [0.15, 0.2) is 0 Å². The van der Waals surface area contributed by atoms with Crippen molar-refractivity contribution in [3.8, 4) is 0 Å². The summed E-state index contributed by atoms with van der Waals surface area (Å²) in [7, 11) is -2.68. The van der Waals surface area contributed by atoms with Gasteiger partial charge in [0.2, 0.25) is 10.0 Å². The van der Waals surface area contributed by atoms with E-state index in [4.69, 9.17) is 15.6 Å². The van der Waals surface area contributed by atoms with E-state index in [0.717, 1.165) is 0 Å². The fourth-order valence-electron chi connectivity index (χ4n) is 1.91. The van der Waals surface area contributed by atoms with Crippen LogP contribution in [-0.2, 0) is 19.6 Å². The summed E-state index contributed by atoms with van der Waals surface area (Å²) in [6, 6.07) is 3.59. The van der Waals surface area contributed by atoms with Crippen LogP contribution in [0.4, 0.5) is 11.4 Å². The zero-order chi connectivity index (χ0) is 16.2. The number of nitrogen functional groups attached to an aromatic ring is 1. The first-order chi connectivity index (χ1) is 9.65. The molecule has 21 heavy (non-hydrogen) atoms. The molecule has 0 heterocycles. The Kier molecular flexibility index (Phi) is 5.56. The highest BCUT2D eigenvalue weighted by molar-refractivity contribution is 7.89. The maximum atomic E-state index is 11.8. The number of anilines is 2. The van der Waals surface area contributed by atoms with Gasteiger partial charge < -0.3 is 15.8 Å². The molecule has 7 nitrogen and oxygen atoms in total. The molecule has 1 atom stereocenters. The van der Waals surface area contributed by atoms with E-state index >= 15 is 0 Å². The quantitative estimate of drug-likeness (QED) is 0.529. The Bertz CT molecular complexity index is 614. The van der Waals surface area contributed by atoms with Crippen molar-refractivity contribution in [1.29, 1.82) is 0 Å². The maximum Gasteiger partial charge on any atom is 0.328 e. The van der Waals surface area contributed by atoms with Gasteiger partial charge in [-0.3, -0.25) is 0 Å². The smallest absolute Gasteiger partial charge is 0.328 e. The number of methoxy groups -OCH3 is 1. The summed E-state index contributed by atoms with van der Waals surface area (Å²) in [5, 5.41) is 8.05. The molecule has 0 saturated carbocycles. The van der Waals surface area contributed by atoms with Crippen LogP contribution in [0.5, 0.6) is 0 Å². The van der Waals surface area contributed by atoms with Crippen molar-refractivity contribution in [2.45, 2.75) is 31.2 Å². The predicted molar refractivity (Wildman–Crippen MR) is 81.1 cm³/mol. The predicted octanol–water partition coefficient (Wildman–Crippen LogP) is 0.916. The molecule has 0 aliphatic carbocycles. The highest BCUT2D eigenvalue weighted by atomic mass is 32.2. The van der Waals surface area contributed by atoms with Crippen LogP contribution in [0.3, 0.4) is 0 Å². The second-order valence-electron chi connectivity index (χ2n) is 5.15. The van der Waals surface area contributed by atoms with Gasteiger partial charge in [0.05, 0.1) is 12.8 Å². The number of primary sulfonamides is 1. The Morgan fingerprint density at radius 2 is 2.00 bits per heavy atom. The molecule has 0 spiro atoms. The standard InChI is InChI=1S/C13H21N3O4S/c1-8(2)6-11(13(17)20-3)16-10-5-4-9(14)7-12(10)21(15,18)19/h4-5,7-8,11,16H,6,14H2,1-3H3,(H2,15,18,19). The average molecular weight is 315 g/mol. The molecule has 0 bridgehead atoms. The number of hydrogen-bond donors (Lipinski definition) is 3. The van der Waals surface area contributed by atoms with Crippen LogP contribution in [0.25, 0.3) is 0 Å². The van der Waals surface area contributed by atoms with E-state index < -0.39 is 22.0 Å². The molecule has 1 aromatic rings. The third kappa shape index (κ3) is 4.91. The van der Waals surface area contributed by atoms with Gasteiger partial charge in [0.1, 0.15) is 10.9 Å². The van der Waals surface area contributed by atoms with Gasteiger partial charge in [0, 0.05) is 5.69 Å². The lowest BCUT2D eigenvalue weighted by Gasteiger charge is -2.21. The van der Waals surface area contributed by atoms with Crippen molar-refractivity contribution >= 4 is 27.4 Å². The normalized spacial score (nSPS) is 13.0. The van der Waals surface area contributed by atoms with E-state index in [1.165, 1.54) is 25.3 Å².